The fourth-order valence-electron chi connectivity index (χ4n) is 8.03. The van der Waals surface area contributed by atoms with Crippen LogP contribution in [0.2, 0.25) is 0 Å². The number of hydrogen-bond donors (Lipinski definition) is 0. The maximum atomic E-state index is 12.4. The van der Waals surface area contributed by atoms with E-state index in [1.54, 1.807) is 0 Å². The van der Waals surface area contributed by atoms with E-state index in [2.05, 4.69) is 40.2 Å². The molecule has 0 aromatic carbocycles. The first kappa shape index (κ1) is 19.5. The number of ether oxygens (including phenoxy) is 1. The molecule has 162 valence electrons. The molecule has 5 aliphatic heterocycles. The lowest BCUT2D eigenvalue weighted by atomic mass is 9.55. The summed E-state index contributed by atoms with van der Waals surface area (Å²) in [6, 6.07) is 0.876. The number of carbonyl (C=O) groups excluding carboxylic acids is 1. The molecule has 0 N–H and O–H groups in total. The van der Waals surface area contributed by atoms with E-state index in [4.69, 9.17) is 4.74 Å². The first-order chi connectivity index (χ1) is 14.8. The van der Waals surface area contributed by atoms with Crippen LogP contribution in [-0.4, -0.2) is 59.6 Å². The molecule has 0 saturated carbocycles. The van der Waals surface area contributed by atoms with Crippen molar-refractivity contribution in [1.29, 1.82) is 0 Å². The van der Waals surface area contributed by atoms with Crippen LogP contribution in [-0.2, 0) is 9.53 Å². The zero-order chi connectivity index (χ0) is 20.2. The summed E-state index contributed by atoms with van der Waals surface area (Å²) in [5.41, 5.74) is 0.896. The Bertz CT molecular complexity index is 788. The smallest absolute Gasteiger partial charge is 0.146 e. The van der Waals surface area contributed by atoms with Gasteiger partial charge in [-0.25, -0.2) is 0 Å². The van der Waals surface area contributed by atoms with Gasteiger partial charge in [-0.05, 0) is 94.9 Å². The molecule has 0 amide bonds. The molecule has 1 spiro atoms. The topological polar surface area (TPSA) is 32.8 Å². The fourth-order valence-corrected chi connectivity index (χ4v) is 8.03. The van der Waals surface area contributed by atoms with Crippen LogP contribution in [0.25, 0.3) is 0 Å². The van der Waals surface area contributed by atoms with Gasteiger partial charge in [0, 0.05) is 18.0 Å². The predicted molar refractivity (Wildman–Crippen MR) is 118 cm³/mol. The minimum atomic E-state index is -0.300. The van der Waals surface area contributed by atoms with E-state index in [-0.39, 0.29) is 17.2 Å². The van der Waals surface area contributed by atoms with E-state index in [1.807, 2.05) is 0 Å². The standard InChI is InChI=1S/C26H36N2O2/c29-18-20-16-26-13-8-3-1-2-4-9-14-27-15-12-22(20)25(19-27)17-21-10-6-5-7-11-23(30-26)28(21)24(25)26/h1,3,6,10,16,18,21-24H,2,4-5,7-9,11-15,17,19H2. The summed E-state index contributed by atoms with van der Waals surface area (Å²) in [7, 11) is 0. The molecule has 3 fully saturated rings. The lowest BCUT2D eigenvalue weighted by Crippen LogP contribution is -2.63. The number of carbonyl (C=O) groups is 1. The Morgan fingerprint density at radius 3 is 2.87 bits per heavy atom. The quantitative estimate of drug-likeness (QED) is 0.480. The lowest BCUT2D eigenvalue weighted by Gasteiger charge is -2.55. The average Bonchev–Trinajstić information content (AvgIpc) is 3.23. The number of rotatable bonds is 1. The van der Waals surface area contributed by atoms with Crippen molar-refractivity contribution in [3.05, 3.63) is 36.0 Å². The van der Waals surface area contributed by atoms with Crippen molar-refractivity contribution in [2.45, 2.75) is 88.1 Å². The molecule has 5 heterocycles. The number of aldehydes is 1. The second-order valence-corrected chi connectivity index (χ2v) is 10.6. The van der Waals surface area contributed by atoms with Crippen molar-refractivity contribution in [3.63, 3.8) is 0 Å². The third kappa shape index (κ3) is 2.79. The molecule has 0 aromatic rings. The zero-order valence-electron chi connectivity index (χ0n) is 18.2. The van der Waals surface area contributed by atoms with Crippen LogP contribution in [0.5, 0.6) is 0 Å². The van der Waals surface area contributed by atoms with Crippen molar-refractivity contribution in [1.82, 2.24) is 9.80 Å². The molecule has 7 atom stereocenters. The Hall–Kier alpha value is -1.23. The highest BCUT2D eigenvalue weighted by Crippen LogP contribution is 2.64. The van der Waals surface area contributed by atoms with Gasteiger partial charge in [0.2, 0.25) is 0 Å². The van der Waals surface area contributed by atoms with Crippen LogP contribution < -0.4 is 0 Å². The summed E-state index contributed by atoms with van der Waals surface area (Å²) in [5, 5.41) is 0. The molecule has 4 heteroatoms. The number of nitrogens with zero attached hydrogens (tertiary/aromatic N) is 2. The zero-order valence-corrected chi connectivity index (χ0v) is 18.2. The summed E-state index contributed by atoms with van der Waals surface area (Å²) in [4.78, 5) is 17.9. The lowest BCUT2D eigenvalue weighted by molar-refractivity contribution is -0.109. The normalized spacial score (nSPS) is 48.0. The Balaban J connectivity index is 1.51. The highest BCUT2D eigenvalue weighted by atomic mass is 16.5. The molecule has 30 heavy (non-hydrogen) atoms. The molecule has 7 unspecified atom stereocenters. The van der Waals surface area contributed by atoms with Crippen LogP contribution >= 0.6 is 0 Å². The first-order valence-electron chi connectivity index (χ1n) is 12.4. The fraction of sp³-hybridized carbons (Fsp3) is 0.731. The van der Waals surface area contributed by atoms with Crippen molar-refractivity contribution >= 4 is 6.29 Å². The van der Waals surface area contributed by atoms with E-state index in [0.29, 0.717) is 18.0 Å². The van der Waals surface area contributed by atoms with E-state index in [9.17, 15) is 4.79 Å². The molecular formula is C26H36N2O2. The second-order valence-electron chi connectivity index (χ2n) is 10.6. The molecular weight excluding hydrogens is 372 g/mol. The summed E-state index contributed by atoms with van der Waals surface area (Å²) < 4.78 is 7.04. The van der Waals surface area contributed by atoms with Crippen molar-refractivity contribution in [2.24, 2.45) is 11.3 Å². The first-order valence-corrected chi connectivity index (χ1v) is 12.4. The van der Waals surface area contributed by atoms with Gasteiger partial charge in [-0.15, -0.1) is 0 Å². The Labute approximate surface area is 181 Å². The number of fused-ring (bicyclic) bond motifs is 1. The third-order valence-corrected chi connectivity index (χ3v) is 9.00. The van der Waals surface area contributed by atoms with Gasteiger partial charge in [0.05, 0.1) is 6.04 Å². The molecule has 0 aromatic heterocycles. The van der Waals surface area contributed by atoms with Gasteiger partial charge in [-0.1, -0.05) is 24.3 Å². The Kier molecular flexibility index (Phi) is 4.82. The molecule has 6 aliphatic rings. The SMILES string of the molecule is O=CC1=CC23CCC=CCCCCN4CCC1C1(CC5C=CCCCC(O2)N5C31)C4. The van der Waals surface area contributed by atoms with Crippen LogP contribution in [0.15, 0.2) is 36.0 Å². The van der Waals surface area contributed by atoms with Crippen LogP contribution in [0.3, 0.4) is 0 Å². The minimum Gasteiger partial charge on any atom is -0.351 e. The molecule has 3 bridgehead atoms. The second kappa shape index (κ2) is 7.43. The van der Waals surface area contributed by atoms with Gasteiger partial charge in [0.25, 0.3) is 0 Å². The van der Waals surface area contributed by atoms with Gasteiger partial charge in [-0.3, -0.25) is 9.69 Å². The van der Waals surface area contributed by atoms with Gasteiger partial charge in [-0.2, -0.15) is 0 Å². The highest BCUT2D eigenvalue weighted by molar-refractivity contribution is 5.76. The number of hydrogen-bond acceptors (Lipinski definition) is 4. The highest BCUT2D eigenvalue weighted by Gasteiger charge is 2.70. The largest absolute Gasteiger partial charge is 0.351 e. The van der Waals surface area contributed by atoms with Gasteiger partial charge >= 0.3 is 0 Å². The van der Waals surface area contributed by atoms with E-state index in [1.165, 1.54) is 51.4 Å². The molecule has 4 nitrogen and oxygen atoms in total. The van der Waals surface area contributed by atoms with Gasteiger partial charge in [0.15, 0.2) is 0 Å². The maximum absolute atomic E-state index is 12.4. The Morgan fingerprint density at radius 1 is 1.03 bits per heavy atom. The van der Waals surface area contributed by atoms with E-state index in [0.717, 1.165) is 44.3 Å². The van der Waals surface area contributed by atoms with Crippen molar-refractivity contribution in [2.75, 3.05) is 19.6 Å². The maximum Gasteiger partial charge on any atom is 0.146 e. The monoisotopic (exact) mass is 408 g/mol. The van der Waals surface area contributed by atoms with Gasteiger partial charge in [0.1, 0.15) is 18.1 Å². The summed E-state index contributed by atoms with van der Waals surface area (Å²) in [6.45, 7) is 3.48. The van der Waals surface area contributed by atoms with Crippen LogP contribution in [0, 0.1) is 11.3 Å². The summed E-state index contributed by atoms with van der Waals surface area (Å²) in [6.07, 6.45) is 25.0. The minimum absolute atomic E-state index is 0.148. The number of allylic oxidation sites excluding steroid dienone is 4. The average molecular weight is 409 g/mol. The van der Waals surface area contributed by atoms with Crippen LogP contribution in [0.1, 0.15) is 64.2 Å². The molecule has 3 saturated heterocycles. The molecule has 6 rings (SSSR count). The van der Waals surface area contributed by atoms with Gasteiger partial charge < -0.3 is 9.64 Å². The predicted octanol–water partition coefficient (Wildman–Crippen LogP) is 4.23. The molecule has 0 radical (unpaired) electrons. The van der Waals surface area contributed by atoms with Crippen LogP contribution in [0.4, 0.5) is 0 Å². The number of piperidine rings is 1. The summed E-state index contributed by atoms with van der Waals surface area (Å²) in [5.74, 6) is 0.397. The summed E-state index contributed by atoms with van der Waals surface area (Å²) >= 11 is 0. The van der Waals surface area contributed by atoms with Crippen molar-refractivity contribution in [3.8, 4) is 0 Å². The third-order valence-electron chi connectivity index (χ3n) is 9.00. The van der Waals surface area contributed by atoms with E-state index < -0.39 is 0 Å². The van der Waals surface area contributed by atoms with Crippen molar-refractivity contribution < 1.29 is 9.53 Å². The Morgan fingerprint density at radius 2 is 1.93 bits per heavy atom. The molecule has 1 aliphatic carbocycles. The van der Waals surface area contributed by atoms with E-state index >= 15 is 0 Å².